The zero-order valence-electron chi connectivity index (χ0n) is 30.0. The van der Waals surface area contributed by atoms with Gasteiger partial charge >= 0.3 is 0 Å². The van der Waals surface area contributed by atoms with E-state index in [1.807, 2.05) is 73.7 Å². The van der Waals surface area contributed by atoms with E-state index in [2.05, 4.69) is 54.6 Å². The molecule has 0 spiro atoms. The van der Waals surface area contributed by atoms with Crippen molar-refractivity contribution in [1.29, 1.82) is 0 Å². The van der Waals surface area contributed by atoms with E-state index in [1.165, 1.54) is 0 Å². The first-order valence-electron chi connectivity index (χ1n) is 17.8. The predicted octanol–water partition coefficient (Wildman–Crippen LogP) is 9.56. The maximum Gasteiger partial charge on any atom is 0.180 e. The minimum atomic E-state index is -0.465. The number of ether oxygens (including phenoxy) is 7. The van der Waals surface area contributed by atoms with Crippen LogP contribution in [0.3, 0.4) is 0 Å². The zero-order chi connectivity index (χ0) is 36.1. The van der Waals surface area contributed by atoms with Crippen molar-refractivity contribution in [1.82, 2.24) is 0 Å². The second-order valence-electron chi connectivity index (χ2n) is 12.8. The van der Waals surface area contributed by atoms with Crippen molar-refractivity contribution in [3.8, 4) is 17.2 Å². The molecule has 5 aromatic rings. The maximum atomic E-state index is 7.02. The summed E-state index contributed by atoms with van der Waals surface area (Å²) in [6, 6.07) is 40.6. The molecule has 1 aliphatic heterocycles. The molecule has 0 N–H and O–H groups in total. The Morgan fingerprint density at radius 3 is 1.83 bits per heavy atom. The van der Waals surface area contributed by atoms with Crippen molar-refractivity contribution in [2.24, 2.45) is 0 Å². The number of benzene rings is 5. The average Bonchev–Trinajstić information content (AvgIpc) is 3.19. The summed E-state index contributed by atoms with van der Waals surface area (Å²) < 4.78 is 44.4. The van der Waals surface area contributed by atoms with Crippen molar-refractivity contribution in [3.63, 3.8) is 0 Å². The van der Waals surface area contributed by atoms with Gasteiger partial charge in [-0.25, -0.2) is 0 Å². The molecule has 0 bridgehead atoms. The molecule has 0 radical (unpaired) electrons. The molecular weight excluding hydrogens is 676 g/mol. The first kappa shape index (κ1) is 37.4. The minimum absolute atomic E-state index is 0.294. The van der Waals surface area contributed by atoms with Crippen molar-refractivity contribution in [2.75, 3.05) is 27.4 Å². The molecular formula is C44H47ClO7. The summed E-state index contributed by atoms with van der Waals surface area (Å²) in [5.74, 6) is 1.82. The Hall–Kier alpha value is -4.37. The summed E-state index contributed by atoms with van der Waals surface area (Å²) >= 11 is 7.02. The average molecular weight is 723 g/mol. The highest BCUT2D eigenvalue weighted by atomic mass is 35.5. The van der Waals surface area contributed by atoms with Gasteiger partial charge in [0.25, 0.3) is 0 Å². The van der Waals surface area contributed by atoms with Gasteiger partial charge in [-0.3, -0.25) is 0 Å². The third kappa shape index (κ3) is 9.73. The molecule has 4 atom stereocenters. The van der Waals surface area contributed by atoms with E-state index < -0.39 is 18.3 Å². The van der Waals surface area contributed by atoms with Crippen LogP contribution in [-0.2, 0) is 45.2 Å². The van der Waals surface area contributed by atoms with Crippen LogP contribution in [0.15, 0.2) is 121 Å². The number of hydrogen-bond donors (Lipinski definition) is 0. The molecule has 1 aliphatic rings. The van der Waals surface area contributed by atoms with E-state index in [4.69, 9.17) is 44.8 Å². The van der Waals surface area contributed by atoms with E-state index in [1.54, 1.807) is 14.2 Å². The molecule has 0 aliphatic carbocycles. The monoisotopic (exact) mass is 722 g/mol. The molecule has 1 saturated heterocycles. The normalized spacial score (nSPS) is 18.5. The molecule has 5 aromatic carbocycles. The third-order valence-corrected chi connectivity index (χ3v) is 9.58. The van der Waals surface area contributed by atoms with E-state index in [0.29, 0.717) is 62.4 Å². The first-order chi connectivity index (χ1) is 25.6. The minimum Gasteiger partial charge on any atom is -0.494 e. The molecule has 0 aromatic heterocycles. The van der Waals surface area contributed by atoms with E-state index in [-0.39, 0.29) is 6.10 Å². The zero-order valence-corrected chi connectivity index (χ0v) is 30.8. The lowest BCUT2D eigenvalue weighted by molar-refractivity contribution is -0.222. The molecule has 1 fully saturated rings. The van der Waals surface area contributed by atoms with Crippen LogP contribution in [0.5, 0.6) is 17.2 Å². The molecule has 0 saturated carbocycles. The Bertz CT molecular complexity index is 1800. The maximum absolute atomic E-state index is 7.02. The number of methoxy groups -OCH3 is 2. The third-order valence-electron chi connectivity index (χ3n) is 9.17. The second-order valence-corrected chi connectivity index (χ2v) is 13.1. The second kappa shape index (κ2) is 18.9. The molecule has 52 heavy (non-hydrogen) atoms. The van der Waals surface area contributed by atoms with Gasteiger partial charge in [-0.2, -0.15) is 0 Å². The van der Waals surface area contributed by atoms with Crippen molar-refractivity contribution in [3.05, 3.63) is 160 Å². The van der Waals surface area contributed by atoms with Crippen LogP contribution in [0.2, 0.25) is 5.02 Å². The highest BCUT2D eigenvalue weighted by Crippen LogP contribution is 2.47. The Morgan fingerprint density at radius 2 is 1.25 bits per heavy atom. The molecule has 8 heteroatoms. The van der Waals surface area contributed by atoms with Crippen molar-refractivity contribution >= 4 is 11.6 Å². The van der Waals surface area contributed by atoms with Gasteiger partial charge in [0, 0.05) is 12.0 Å². The Kier molecular flexibility index (Phi) is 13.6. The highest BCUT2D eigenvalue weighted by molar-refractivity contribution is 6.33. The van der Waals surface area contributed by atoms with E-state index in [0.717, 1.165) is 39.1 Å². The van der Waals surface area contributed by atoms with E-state index >= 15 is 0 Å². The van der Waals surface area contributed by atoms with Crippen LogP contribution in [0.4, 0.5) is 0 Å². The van der Waals surface area contributed by atoms with Gasteiger partial charge in [-0.1, -0.05) is 115 Å². The van der Waals surface area contributed by atoms with Crippen molar-refractivity contribution in [2.45, 2.75) is 64.0 Å². The van der Waals surface area contributed by atoms with Crippen molar-refractivity contribution < 1.29 is 33.2 Å². The van der Waals surface area contributed by atoms with Gasteiger partial charge < -0.3 is 33.2 Å². The topological polar surface area (TPSA) is 64.6 Å². The fourth-order valence-corrected chi connectivity index (χ4v) is 6.88. The summed E-state index contributed by atoms with van der Waals surface area (Å²) in [5, 5.41) is 0.497. The fraction of sp³-hybridized carbons (Fsp3) is 0.318. The summed E-state index contributed by atoms with van der Waals surface area (Å²) in [6.07, 6.45) is -0.583. The number of halogens is 1. The van der Waals surface area contributed by atoms with Gasteiger partial charge in [-0.05, 0) is 59.4 Å². The summed E-state index contributed by atoms with van der Waals surface area (Å²) in [4.78, 5) is 0. The predicted molar refractivity (Wildman–Crippen MR) is 203 cm³/mol. The molecule has 7 nitrogen and oxygen atoms in total. The van der Waals surface area contributed by atoms with Crippen LogP contribution in [0, 0.1) is 0 Å². The quantitative estimate of drug-likeness (QED) is 0.0948. The van der Waals surface area contributed by atoms with Gasteiger partial charge in [0.1, 0.15) is 18.0 Å². The van der Waals surface area contributed by atoms with Gasteiger partial charge in [0.15, 0.2) is 11.5 Å². The van der Waals surface area contributed by atoms with Crippen LogP contribution >= 0.6 is 11.6 Å². The van der Waals surface area contributed by atoms with Crippen LogP contribution in [0.1, 0.15) is 52.8 Å². The summed E-state index contributed by atoms with van der Waals surface area (Å²) in [5.41, 5.74) is 6.03. The van der Waals surface area contributed by atoms with Gasteiger partial charge in [-0.15, -0.1) is 0 Å². The van der Waals surface area contributed by atoms with Gasteiger partial charge in [0.05, 0.1) is 64.5 Å². The SMILES string of the molecule is CCOc1ccc(Cc2cc(C3CC(OCc4ccccc4)[C@H](OCc4ccccc4)C(COCc4ccccc4)O3)c(OC)c(OC)c2Cl)cc1. The van der Waals surface area contributed by atoms with Gasteiger partial charge in [0.2, 0.25) is 0 Å². The largest absolute Gasteiger partial charge is 0.494 e. The first-order valence-corrected chi connectivity index (χ1v) is 18.2. The molecule has 0 amide bonds. The van der Waals surface area contributed by atoms with E-state index in [9.17, 15) is 0 Å². The lowest BCUT2D eigenvalue weighted by Gasteiger charge is -2.42. The summed E-state index contributed by atoms with van der Waals surface area (Å²) in [6.45, 7) is 4.15. The number of hydrogen-bond acceptors (Lipinski definition) is 7. The highest BCUT2D eigenvalue weighted by Gasteiger charge is 2.42. The summed E-state index contributed by atoms with van der Waals surface area (Å²) in [7, 11) is 3.23. The molecule has 6 rings (SSSR count). The fourth-order valence-electron chi connectivity index (χ4n) is 6.60. The molecule has 3 unspecified atom stereocenters. The Labute approximate surface area is 312 Å². The molecule has 1 heterocycles. The Morgan fingerprint density at radius 1 is 0.673 bits per heavy atom. The van der Waals surface area contributed by atoms with Crippen LogP contribution in [0.25, 0.3) is 0 Å². The number of rotatable bonds is 17. The smallest absolute Gasteiger partial charge is 0.180 e. The van der Waals surface area contributed by atoms with Crippen LogP contribution in [-0.4, -0.2) is 45.7 Å². The van der Waals surface area contributed by atoms with Crippen LogP contribution < -0.4 is 14.2 Å². The lowest BCUT2D eigenvalue weighted by atomic mass is 9.91. The Balaban J connectivity index is 1.34. The molecule has 272 valence electrons. The lowest BCUT2D eigenvalue weighted by Crippen LogP contribution is -2.50. The standard InChI is InChI=1S/C44H47ClO7/c1-4-49-36-22-20-31(21-23-36)24-35-25-37(42(46-2)44(47-3)41(35)45)38-26-39(50-28-33-16-10-6-11-17-33)43(51-29-34-18-12-7-13-19-34)40(52-38)30-48-27-32-14-8-5-9-15-32/h5-23,25,38-40,43H,4,24,26-30H2,1-3H3/t38?,39?,40?,43-/m0/s1.